The predicted molar refractivity (Wildman–Crippen MR) is 112 cm³/mol. The molecular formula is C20H22N2O4S2. The lowest BCUT2D eigenvalue weighted by molar-refractivity contribution is -0.132. The highest BCUT2D eigenvalue weighted by Gasteiger charge is 2.32. The Hall–Kier alpha value is -2.06. The normalized spacial score (nSPS) is 20.4. The van der Waals surface area contributed by atoms with E-state index in [0.29, 0.717) is 40.1 Å². The molecule has 3 heterocycles. The van der Waals surface area contributed by atoms with E-state index in [1.165, 1.54) is 18.2 Å². The summed E-state index contributed by atoms with van der Waals surface area (Å²) in [7, 11) is 0. The lowest BCUT2D eigenvalue weighted by Crippen LogP contribution is -2.36. The monoisotopic (exact) mass is 418 g/mol. The van der Waals surface area contributed by atoms with Crippen LogP contribution < -0.4 is 9.47 Å². The van der Waals surface area contributed by atoms with Crippen molar-refractivity contribution in [1.82, 2.24) is 9.80 Å². The van der Waals surface area contributed by atoms with E-state index in [9.17, 15) is 9.59 Å². The molecule has 0 spiro atoms. The molecule has 0 atom stereocenters. The first-order chi connectivity index (χ1) is 13.6. The molecule has 0 bridgehead atoms. The van der Waals surface area contributed by atoms with Gasteiger partial charge in [0.1, 0.15) is 4.32 Å². The van der Waals surface area contributed by atoms with Gasteiger partial charge in [-0.15, -0.1) is 0 Å². The van der Waals surface area contributed by atoms with Gasteiger partial charge in [-0.3, -0.25) is 14.5 Å². The van der Waals surface area contributed by atoms with Crippen molar-refractivity contribution in [3.8, 4) is 11.5 Å². The number of piperidine rings is 1. The zero-order valence-corrected chi connectivity index (χ0v) is 17.2. The summed E-state index contributed by atoms with van der Waals surface area (Å²) in [5, 5.41) is 0. The van der Waals surface area contributed by atoms with E-state index in [2.05, 4.69) is 0 Å². The van der Waals surface area contributed by atoms with E-state index in [0.717, 1.165) is 31.5 Å². The van der Waals surface area contributed by atoms with Crippen LogP contribution in [0.25, 0.3) is 6.08 Å². The second kappa shape index (κ2) is 8.53. The number of carbonyl (C=O) groups excluding carboxylic acids is 2. The number of hydrogen-bond acceptors (Lipinski definition) is 6. The van der Waals surface area contributed by atoms with Crippen LogP contribution in [0.4, 0.5) is 0 Å². The Balaban J connectivity index is 1.34. The number of nitrogens with zero attached hydrogens (tertiary/aromatic N) is 2. The molecule has 4 rings (SSSR count). The zero-order valence-electron chi connectivity index (χ0n) is 15.5. The number of ether oxygens (including phenoxy) is 2. The van der Waals surface area contributed by atoms with Crippen LogP contribution >= 0.6 is 24.0 Å². The van der Waals surface area contributed by atoms with Gasteiger partial charge in [0.25, 0.3) is 5.91 Å². The second-order valence-corrected chi connectivity index (χ2v) is 8.67. The molecule has 0 unspecified atom stereocenters. The Bertz CT molecular complexity index is 833. The van der Waals surface area contributed by atoms with Crippen LogP contribution in [0.15, 0.2) is 23.1 Å². The summed E-state index contributed by atoms with van der Waals surface area (Å²) in [6.07, 6.45) is 6.28. The summed E-state index contributed by atoms with van der Waals surface area (Å²) in [6.45, 7) is 2.41. The molecule has 0 N–H and O–H groups in total. The zero-order chi connectivity index (χ0) is 19.5. The van der Waals surface area contributed by atoms with Gasteiger partial charge in [-0.25, -0.2) is 0 Å². The van der Waals surface area contributed by atoms with Crippen molar-refractivity contribution in [2.75, 3.05) is 26.4 Å². The van der Waals surface area contributed by atoms with Crippen molar-refractivity contribution in [3.63, 3.8) is 0 Å². The van der Waals surface area contributed by atoms with Crippen LogP contribution in [0.3, 0.4) is 0 Å². The predicted octanol–water partition coefficient (Wildman–Crippen LogP) is 3.41. The van der Waals surface area contributed by atoms with Gasteiger partial charge in [0.2, 0.25) is 12.7 Å². The van der Waals surface area contributed by atoms with E-state index in [1.54, 1.807) is 4.90 Å². The van der Waals surface area contributed by atoms with Crippen LogP contribution in [0, 0.1) is 0 Å². The van der Waals surface area contributed by atoms with Gasteiger partial charge < -0.3 is 14.4 Å². The summed E-state index contributed by atoms with van der Waals surface area (Å²) in [6, 6.07) is 5.57. The molecule has 2 amide bonds. The van der Waals surface area contributed by atoms with Gasteiger partial charge >= 0.3 is 0 Å². The molecule has 2 fully saturated rings. The fourth-order valence-corrected chi connectivity index (χ4v) is 4.85. The minimum Gasteiger partial charge on any atom is -0.454 e. The van der Waals surface area contributed by atoms with Crippen molar-refractivity contribution < 1.29 is 19.1 Å². The van der Waals surface area contributed by atoms with Crippen LogP contribution in [0.2, 0.25) is 0 Å². The number of carbonyl (C=O) groups is 2. The van der Waals surface area contributed by atoms with Crippen LogP contribution in [0.1, 0.15) is 37.7 Å². The fraction of sp³-hybridized carbons (Fsp3) is 0.450. The Kier molecular flexibility index (Phi) is 5.87. The maximum Gasteiger partial charge on any atom is 0.266 e. The molecule has 0 saturated carbocycles. The molecule has 1 aromatic carbocycles. The standard InChI is InChI=1S/C20H22N2O4S2/c23-18(21-8-2-1-3-9-21)5-4-10-22-19(24)17(28-20(22)27)12-14-6-7-15-16(11-14)26-13-25-15/h6-7,11-12H,1-5,8-10,13H2/b17-12-. The summed E-state index contributed by atoms with van der Waals surface area (Å²) in [5.41, 5.74) is 0.866. The van der Waals surface area contributed by atoms with Crippen LogP contribution in [-0.4, -0.2) is 52.4 Å². The molecule has 8 heteroatoms. The number of fused-ring (bicyclic) bond motifs is 1. The van der Waals surface area contributed by atoms with Gasteiger partial charge in [-0.1, -0.05) is 30.0 Å². The van der Waals surface area contributed by atoms with Crippen molar-refractivity contribution in [2.24, 2.45) is 0 Å². The van der Waals surface area contributed by atoms with Gasteiger partial charge in [-0.2, -0.15) is 0 Å². The van der Waals surface area contributed by atoms with Crippen LogP contribution in [-0.2, 0) is 9.59 Å². The third-order valence-corrected chi connectivity index (χ3v) is 6.43. The Morgan fingerprint density at radius 2 is 1.96 bits per heavy atom. The van der Waals surface area contributed by atoms with E-state index < -0.39 is 0 Å². The Morgan fingerprint density at radius 3 is 2.79 bits per heavy atom. The molecule has 3 aliphatic heterocycles. The number of amides is 2. The summed E-state index contributed by atoms with van der Waals surface area (Å²) < 4.78 is 11.2. The molecule has 3 aliphatic rings. The molecule has 6 nitrogen and oxygen atoms in total. The third-order valence-electron chi connectivity index (χ3n) is 5.05. The number of likely N-dealkylation sites (tertiary alicyclic amines) is 1. The van der Waals surface area contributed by atoms with E-state index in [4.69, 9.17) is 21.7 Å². The van der Waals surface area contributed by atoms with Crippen molar-refractivity contribution >= 4 is 46.2 Å². The highest BCUT2D eigenvalue weighted by atomic mass is 32.2. The SMILES string of the molecule is O=C(CCCN1C(=O)/C(=C/c2ccc3c(c2)OCO3)SC1=S)N1CCCCC1. The van der Waals surface area contributed by atoms with E-state index >= 15 is 0 Å². The number of thioether (sulfide) groups is 1. The molecule has 0 radical (unpaired) electrons. The third kappa shape index (κ3) is 4.17. The molecule has 0 aromatic heterocycles. The minimum absolute atomic E-state index is 0.0990. The fourth-order valence-electron chi connectivity index (χ4n) is 3.54. The second-order valence-electron chi connectivity index (χ2n) is 6.99. The smallest absolute Gasteiger partial charge is 0.266 e. The highest BCUT2D eigenvalue weighted by Crippen LogP contribution is 2.36. The van der Waals surface area contributed by atoms with E-state index in [1.807, 2.05) is 29.2 Å². The maximum atomic E-state index is 12.7. The maximum absolute atomic E-state index is 12.7. The van der Waals surface area contributed by atoms with E-state index in [-0.39, 0.29) is 18.6 Å². The van der Waals surface area contributed by atoms with Gasteiger partial charge in [0, 0.05) is 26.1 Å². The number of benzene rings is 1. The molecule has 0 aliphatic carbocycles. The first-order valence-corrected chi connectivity index (χ1v) is 10.8. The Labute approximate surface area is 173 Å². The summed E-state index contributed by atoms with van der Waals surface area (Å²) in [4.78, 5) is 29.1. The summed E-state index contributed by atoms with van der Waals surface area (Å²) in [5.74, 6) is 1.47. The lowest BCUT2D eigenvalue weighted by atomic mass is 10.1. The first-order valence-electron chi connectivity index (χ1n) is 9.54. The largest absolute Gasteiger partial charge is 0.454 e. The Morgan fingerprint density at radius 1 is 1.18 bits per heavy atom. The summed E-state index contributed by atoms with van der Waals surface area (Å²) >= 11 is 6.68. The number of thiocarbonyl (C=S) groups is 1. The van der Waals surface area contributed by atoms with Gasteiger partial charge in [0.15, 0.2) is 11.5 Å². The molecule has 1 aromatic rings. The average molecular weight is 419 g/mol. The average Bonchev–Trinajstić information content (AvgIpc) is 3.28. The molecule has 2 saturated heterocycles. The topological polar surface area (TPSA) is 59.1 Å². The number of rotatable bonds is 5. The minimum atomic E-state index is -0.0990. The molecular weight excluding hydrogens is 396 g/mol. The lowest BCUT2D eigenvalue weighted by Gasteiger charge is -2.27. The quantitative estimate of drug-likeness (QED) is 0.540. The molecule has 28 heavy (non-hydrogen) atoms. The van der Waals surface area contributed by atoms with Crippen molar-refractivity contribution in [2.45, 2.75) is 32.1 Å². The highest BCUT2D eigenvalue weighted by molar-refractivity contribution is 8.26. The number of hydrogen-bond donors (Lipinski definition) is 0. The van der Waals surface area contributed by atoms with Gasteiger partial charge in [0.05, 0.1) is 4.91 Å². The van der Waals surface area contributed by atoms with Crippen molar-refractivity contribution in [3.05, 3.63) is 28.7 Å². The van der Waals surface area contributed by atoms with Gasteiger partial charge in [-0.05, 0) is 49.5 Å². The first kappa shape index (κ1) is 19.3. The molecule has 148 valence electrons. The van der Waals surface area contributed by atoms with Crippen molar-refractivity contribution in [1.29, 1.82) is 0 Å². The van der Waals surface area contributed by atoms with Crippen LogP contribution in [0.5, 0.6) is 11.5 Å².